The summed E-state index contributed by atoms with van der Waals surface area (Å²) >= 11 is -1.45. The minimum atomic E-state index is -1.45. The Morgan fingerprint density at radius 2 is 1.48 bits per heavy atom. The topological polar surface area (TPSA) is 26.3 Å². The predicted molar refractivity (Wildman–Crippen MR) is 95.5 cm³/mol. The molecule has 0 aliphatic carbocycles. The SMILES string of the molecule is COS(=O)c1ccccc1-c1ccc(-c2ccccc2)cc1C. The molecule has 3 heteroatoms. The second-order valence-corrected chi connectivity index (χ2v) is 6.54. The molecule has 0 aliphatic heterocycles. The van der Waals surface area contributed by atoms with E-state index in [0.717, 1.165) is 16.7 Å². The molecule has 0 radical (unpaired) electrons. The molecule has 0 saturated heterocycles. The Hall–Kier alpha value is -2.23. The van der Waals surface area contributed by atoms with Crippen molar-refractivity contribution in [1.82, 2.24) is 0 Å². The van der Waals surface area contributed by atoms with Crippen LogP contribution in [0.5, 0.6) is 0 Å². The van der Waals surface area contributed by atoms with E-state index < -0.39 is 11.1 Å². The van der Waals surface area contributed by atoms with Gasteiger partial charge in [-0.3, -0.25) is 4.18 Å². The Balaban J connectivity index is 2.08. The van der Waals surface area contributed by atoms with E-state index in [4.69, 9.17) is 4.18 Å². The van der Waals surface area contributed by atoms with Gasteiger partial charge in [0.25, 0.3) is 0 Å². The van der Waals surface area contributed by atoms with E-state index >= 15 is 0 Å². The minimum absolute atomic E-state index is 0.700. The van der Waals surface area contributed by atoms with Crippen molar-refractivity contribution in [2.45, 2.75) is 11.8 Å². The molecule has 0 amide bonds. The lowest BCUT2D eigenvalue weighted by Crippen LogP contribution is -1.97. The van der Waals surface area contributed by atoms with Crippen LogP contribution in [-0.4, -0.2) is 11.3 Å². The van der Waals surface area contributed by atoms with E-state index in [2.05, 4.69) is 37.3 Å². The van der Waals surface area contributed by atoms with Crippen LogP contribution in [0.1, 0.15) is 5.56 Å². The van der Waals surface area contributed by atoms with Crippen LogP contribution in [0.2, 0.25) is 0 Å². The van der Waals surface area contributed by atoms with Crippen LogP contribution in [0.4, 0.5) is 0 Å². The molecule has 1 unspecified atom stereocenters. The summed E-state index contributed by atoms with van der Waals surface area (Å²) in [5.74, 6) is 0. The molecule has 116 valence electrons. The van der Waals surface area contributed by atoms with E-state index in [0.29, 0.717) is 4.90 Å². The molecule has 23 heavy (non-hydrogen) atoms. The zero-order valence-corrected chi connectivity index (χ0v) is 14.0. The lowest BCUT2D eigenvalue weighted by Gasteiger charge is -2.12. The molecule has 0 N–H and O–H groups in total. The monoisotopic (exact) mass is 322 g/mol. The summed E-state index contributed by atoms with van der Waals surface area (Å²) in [6.07, 6.45) is 0. The summed E-state index contributed by atoms with van der Waals surface area (Å²) in [4.78, 5) is 0.700. The first-order valence-electron chi connectivity index (χ1n) is 7.42. The highest BCUT2D eigenvalue weighted by Gasteiger charge is 2.13. The first-order valence-corrected chi connectivity index (χ1v) is 8.50. The number of rotatable bonds is 4. The highest BCUT2D eigenvalue weighted by Crippen LogP contribution is 2.32. The number of benzene rings is 3. The third-order valence-corrected chi connectivity index (χ3v) is 4.86. The van der Waals surface area contributed by atoms with Crippen LogP contribution in [-0.2, 0) is 15.3 Å². The van der Waals surface area contributed by atoms with Gasteiger partial charge in [0.05, 0.1) is 12.0 Å². The maximum atomic E-state index is 12.1. The number of aryl methyl sites for hydroxylation is 1. The quantitative estimate of drug-likeness (QED) is 0.676. The number of hydrogen-bond acceptors (Lipinski definition) is 2. The van der Waals surface area contributed by atoms with E-state index in [9.17, 15) is 4.21 Å². The molecule has 0 bridgehead atoms. The molecule has 0 fully saturated rings. The van der Waals surface area contributed by atoms with E-state index in [-0.39, 0.29) is 0 Å². The fraction of sp³-hybridized carbons (Fsp3) is 0.100. The standard InChI is InChI=1S/C20H18O2S/c1-15-14-17(16-8-4-3-5-9-16)12-13-18(15)19-10-6-7-11-20(19)23(21)22-2/h3-14H,1-2H3. The molecule has 2 nitrogen and oxygen atoms in total. The van der Waals surface area contributed by atoms with E-state index in [1.807, 2.05) is 42.5 Å². The van der Waals surface area contributed by atoms with Gasteiger partial charge in [-0.05, 0) is 35.2 Å². The van der Waals surface area contributed by atoms with Gasteiger partial charge >= 0.3 is 0 Å². The predicted octanol–water partition coefficient (Wildman–Crippen LogP) is 5.00. The summed E-state index contributed by atoms with van der Waals surface area (Å²) in [5.41, 5.74) is 5.54. The van der Waals surface area contributed by atoms with Crippen LogP contribution >= 0.6 is 0 Å². The van der Waals surface area contributed by atoms with Crippen LogP contribution < -0.4 is 0 Å². The highest BCUT2D eigenvalue weighted by molar-refractivity contribution is 7.80. The van der Waals surface area contributed by atoms with Gasteiger partial charge < -0.3 is 0 Å². The minimum Gasteiger partial charge on any atom is -0.290 e. The average Bonchev–Trinajstić information content (AvgIpc) is 2.62. The van der Waals surface area contributed by atoms with Crippen molar-refractivity contribution >= 4 is 11.1 Å². The maximum absolute atomic E-state index is 12.1. The summed E-state index contributed by atoms with van der Waals surface area (Å²) in [6, 6.07) is 24.3. The summed E-state index contributed by atoms with van der Waals surface area (Å²) in [7, 11) is 1.46. The van der Waals surface area contributed by atoms with Gasteiger partial charge in [-0.25, -0.2) is 4.21 Å². The Morgan fingerprint density at radius 1 is 0.783 bits per heavy atom. The summed E-state index contributed by atoms with van der Waals surface area (Å²) < 4.78 is 17.1. The van der Waals surface area contributed by atoms with E-state index in [1.54, 1.807) is 0 Å². The lowest BCUT2D eigenvalue weighted by atomic mass is 9.96. The molecule has 0 saturated carbocycles. The van der Waals surface area contributed by atoms with Gasteiger partial charge in [0, 0.05) is 5.56 Å². The van der Waals surface area contributed by atoms with Crippen LogP contribution in [0.15, 0.2) is 77.7 Å². The second-order valence-electron chi connectivity index (χ2n) is 5.29. The first-order chi connectivity index (χ1) is 11.2. The fourth-order valence-electron chi connectivity index (χ4n) is 2.70. The van der Waals surface area contributed by atoms with Gasteiger partial charge in [-0.1, -0.05) is 66.7 Å². The van der Waals surface area contributed by atoms with Crippen LogP contribution in [0.3, 0.4) is 0 Å². The van der Waals surface area contributed by atoms with Crippen molar-refractivity contribution in [2.75, 3.05) is 7.11 Å². The van der Waals surface area contributed by atoms with Crippen molar-refractivity contribution < 1.29 is 8.39 Å². The van der Waals surface area contributed by atoms with Crippen LogP contribution in [0, 0.1) is 6.92 Å². The van der Waals surface area contributed by atoms with Gasteiger partial charge in [0.1, 0.15) is 0 Å². The molecule has 0 spiro atoms. The Morgan fingerprint density at radius 3 is 2.17 bits per heavy atom. The Bertz CT molecular complexity index is 841. The van der Waals surface area contributed by atoms with Crippen molar-refractivity contribution in [2.24, 2.45) is 0 Å². The average molecular weight is 322 g/mol. The normalized spacial score (nSPS) is 12.1. The van der Waals surface area contributed by atoms with Crippen molar-refractivity contribution in [3.05, 3.63) is 78.4 Å². The first kappa shape index (κ1) is 15.7. The Kier molecular flexibility index (Phi) is 4.70. The highest BCUT2D eigenvalue weighted by atomic mass is 32.2. The molecule has 1 atom stereocenters. The molecule has 3 aromatic carbocycles. The molecule has 0 aromatic heterocycles. The Labute approximate surface area is 139 Å². The van der Waals surface area contributed by atoms with Gasteiger partial charge in [-0.2, -0.15) is 0 Å². The summed E-state index contributed by atoms with van der Waals surface area (Å²) in [5, 5.41) is 0. The van der Waals surface area contributed by atoms with Gasteiger partial charge in [-0.15, -0.1) is 0 Å². The molecular formula is C20H18O2S. The zero-order valence-electron chi connectivity index (χ0n) is 13.2. The molecule has 3 rings (SSSR count). The fourth-order valence-corrected chi connectivity index (χ4v) is 3.43. The third kappa shape index (κ3) is 3.26. The van der Waals surface area contributed by atoms with E-state index in [1.165, 1.54) is 18.2 Å². The van der Waals surface area contributed by atoms with Crippen molar-refractivity contribution in [3.63, 3.8) is 0 Å². The molecular weight excluding hydrogens is 304 g/mol. The number of hydrogen-bond donors (Lipinski definition) is 0. The lowest BCUT2D eigenvalue weighted by molar-refractivity contribution is 0.446. The molecule has 0 aliphatic rings. The van der Waals surface area contributed by atoms with Crippen LogP contribution in [0.25, 0.3) is 22.3 Å². The summed E-state index contributed by atoms with van der Waals surface area (Å²) in [6.45, 7) is 2.08. The second kappa shape index (κ2) is 6.90. The smallest absolute Gasteiger partial charge is 0.189 e. The van der Waals surface area contributed by atoms with Gasteiger partial charge in [0.2, 0.25) is 0 Å². The zero-order chi connectivity index (χ0) is 16.2. The maximum Gasteiger partial charge on any atom is 0.189 e. The van der Waals surface area contributed by atoms with Crippen molar-refractivity contribution in [1.29, 1.82) is 0 Å². The van der Waals surface area contributed by atoms with Crippen molar-refractivity contribution in [3.8, 4) is 22.3 Å². The third-order valence-electron chi connectivity index (χ3n) is 3.84. The molecule has 3 aromatic rings. The van der Waals surface area contributed by atoms with Gasteiger partial charge in [0.15, 0.2) is 11.1 Å². The molecule has 0 heterocycles. The largest absolute Gasteiger partial charge is 0.290 e.